The topological polar surface area (TPSA) is 52.0 Å². The Bertz CT molecular complexity index is 418. The van der Waals surface area contributed by atoms with E-state index in [1.807, 2.05) is 11.7 Å². The van der Waals surface area contributed by atoms with Gasteiger partial charge in [-0.2, -0.15) is 5.10 Å². The van der Waals surface area contributed by atoms with E-state index in [9.17, 15) is 0 Å². The Balaban J connectivity index is 2.18. The lowest BCUT2D eigenvalue weighted by molar-refractivity contribution is -0.0888. The summed E-state index contributed by atoms with van der Waals surface area (Å²) in [6.07, 6.45) is 8.66. The molecule has 120 valence electrons. The Kier molecular flexibility index (Phi) is 5.76. The summed E-state index contributed by atoms with van der Waals surface area (Å²) in [6, 6.07) is 0.633. The maximum atomic E-state index is 6.25. The summed E-state index contributed by atoms with van der Waals surface area (Å²) < 4.78 is 8.27. The summed E-state index contributed by atoms with van der Waals surface area (Å²) >= 11 is 0. The number of nitrogens with zero attached hydrogens (tertiary/aromatic N) is 3. The second-order valence-electron chi connectivity index (χ2n) is 6.32. The first kappa shape index (κ1) is 16.4. The number of hydrogen-bond acceptors (Lipinski definition) is 4. The summed E-state index contributed by atoms with van der Waals surface area (Å²) in [5, 5.41) is 7.85. The molecule has 0 amide bonds. The maximum Gasteiger partial charge on any atom is 0.138 e. The van der Waals surface area contributed by atoms with E-state index in [1.165, 1.54) is 19.3 Å². The molecule has 1 heterocycles. The van der Waals surface area contributed by atoms with Crippen LogP contribution in [0.2, 0.25) is 0 Å². The molecule has 1 saturated carbocycles. The first-order valence-electron chi connectivity index (χ1n) is 8.32. The number of nitrogens with one attached hydrogen (secondary N) is 1. The molecule has 0 bridgehead atoms. The molecule has 1 aromatic heterocycles. The summed E-state index contributed by atoms with van der Waals surface area (Å²) in [5.74, 6) is 1.05. The zero-order valence-electron chi connectivity index (χ0n) is 13.9. The Morgan fingerprint density at radius 2 is 2.05 bits per heavy atom. The van der Waals surface area contributed by atoms with Crippen molar-refractivity contribution in [1.82, 2.24) is 20.1 Å². The molecule has 1 unspecified atom stereocenters. The van der Waals surface area contributed by atoms with E-state index >= 15 is 0 Å². The molecule has 0 aromatic carbocycles. The molecule has 0 saturated heterocycles. The molecule has 5 heteroatoms. The number of likely N-dealkylation sites (N-methyl/N-ethyl adjacent to an activating group) is 1. The van der Waals surface area contributed by atoms with E-state index in [-0.39, 0.29) is 5.60 Å². The van der Waals surface area contributed by atoms with Gasteiger partial charge in [-0.3, -0.25) is 0 Å². The lowest BCUT2D eigenvalue weighted by Gasteiger charge is -2.43. The largest absolute Gasteiger partial charge is 0.374 e. The average Bonchev–Trinajstić information content (AvgIpc) is 2.94. The number of ether oxygens (including phenoxy) is 1. The molecule has 2 rings (SSSR count). The standard InChI is InChI=1S/C16H30N4O/c1-5-21-16(9-7-6-8-10-16)14(17-4)11-15-18-12-19-20(15)13(2)3/h12-14,17H,5-11H2,1-4H3. The van der Waals surface area contributed by atoms with Gasteiger partial charge in [-0.25, -0.2) is 9.67 Å². The van der Waals surface area contributed by atoms with Gasteiger partial charge in [-0.1, -0.05) is 19.3 Å². The van der Waals surface area contributed by atoms with Crippen molar-refractivity contribution in [3.8, 4) is 0 Å². The minimum atomic E-state index is -0.0461. The van der Waals surface area contributed by atoms with Crippen LogP contribution in [-0.4, -0.2) is 40.1 Å². The van der Waals surface area contributed by atoms with Crippen molar-refractivity contribution in [2.45, 2.75) is 77.0 Å². The van der Waals surface area contributed by atoms with Gasteiger partial charge in [0.1, 0.15) is 12.2 Å². The van der Waals surface area contributed by atoms with Crippen LogP contribution in [0.5, 0.6) is 0 Å². The molecule has 5 nitrogen and oxygen atoms in total. The van der Waals surface area contributed by atoms with Crippen LogP contribution in [0.1, 0.15) is 64.7 Å². The molecule has 1 aliphatic rings. The normalized spacial score (nSPS) is 19.9. The van der Waals surface area contributed by atoms with E-state index in [4.69, 9.17) is 4.74 Å². The van der Waals surface area contributed by atoms with Crippen molar-refractivity contribution < 1.29 is 4.74 Å². The quantitative estimate of drug-likeness (QED) is 0.840. The van der Waals surface area contributed by atoms with E-state index < -0.39 is 0 Å². The first-order chi connectivity index (χ1) is 10.1. The zero-order chi connectivity index (χ0) is 15.3. The van der Waals surface area contributed by atoms with E-state index in [1.54, 1.807) is 6.33 Å². The molecule has 1 aliphatic carbocycles. The van der Waals surface area contributed by atoms with Crippen molar-refractivity contribution in [1.29, 1.82) is 0 Å². The third-order valence-electron chi connectivity index (χ3n) is 4.64. The second kappa shape index (κ2) is 7.36. The lowest BCUT2D eigenvalue weighted by Crippen LogP contribution is -2.54. The Hall–Kier alpha value is -0.940. The molecule has 1 atom stereocenters. The minimum absolute atomic E-state index is 0.0461. The third-order valence-corrected chi connectivity index (χ3v) is 4.64. The summed E-state index contributed by atoms with van der Waals surface area (Å²) in [7, 11) is 2.04. The highest BCUT2D eigenvalue weighted by atomic mass is 16.5. The van der Waals surface area contributed by atoms with Crippen LogP contribution in [0, 0.1) is 0 Å². The maximum absolute atomic E-state index is 6.25. The molecular weight excluding hydrogens is 264 g/mol. The van der Waals surface area contributed by atoms with Crippen LogP contribution >= 0.6 is 0 Å². The van der Waals surface area contributed by atoms with E-state index in [0.29, 0.717) is 12.1 Å². The van der Waals surface area contributed by atoms with Gasteiger partial charge in [0.2, 0.25) is 0 Å². The monoisotopic (exact) mass is 294 g/mol. The van der Waals surface area contributed by atoms with Gasteiger partial charge in [0.15, 0.2) is 0 Å². The first-order valence-corrected chi connectivity index (χ1v) is 8.32. The number of rotatable bonds is 7. The highest BCUT2D eigenvalue weighted by molar-refractivity contribution is 5.01. The molecule has 0 aliphatic heterocycles. The predicted molar refractivity (Wildman–Crippen MR) is 84.4 cm³/mol. The van der Waals surface area contributed by atoms with Crippen LogP contribution < -0.4 is 5.32 Å². The van der Waals surface area contributed by atoms with Crippen molar-refractivity contribution in [3.63, 3.8) is 0 Å². The van der Waals surface area contributed by atoms with Crippen molar-refractivity contribution in [2.24, 2.45) is 0 Å². The molecule has 1 aromatic rings. The fourth-order valence-corrected chi connectivity index (χ4v) is 3.62. The van der Waals surface area contributed by atoms with Gasteiger partial charge < -0.3 is 10.1 Å². The average molecular weight is 294 g/mol. The molecule has 1 N–H and O–H groups in total. The number of hydrogen-bond donors (Lipinski definition) is 1. The summed E-state index contributed by atoms with van der Waals surface area (Å²) in [4.78, 5) is 4.47. The fraction of sp³-hybridized carbons (Fsp3) is 0.875. The SMILES string of the molecule is CCOC1(C(Cc2ncnn2C(C)C)NC)CCCCC1. The highest BCUT2D eigenvalue weighted by Crippen LogP contribution is 2.35. The molecule has 21 heavy (non-hydrogen) atoms. The van der Waals surface area contributed by atoms with Crippen molar-refractivity contribution in [2.75, 3.05) is 13.7 Å². The number of aromatic nitrogens is 3. The Morgan fingerprint density at radius 1 is 1.33 bits per heavy atom. The molecule has 0 radical (unpaired) electrons. The van der Waals surface area contributed by atoms with Gasteiger partial charge in [-0.05, 0) is 40.7 Å². The minimum Gasteiger partial charge on any atom is -0.374 e. The molecular formula is C16H30N4O. The van der Waals surface area contributed by atoms with Crippen LogP contribution in [-0.2, 0) is 11.2 Å². The van der Waals surface area contributed by atoms with Crippen LogP contribution in [0.4, 0.5) is 0 Å². The lowest BCUT2D eigenvalue weighted by atomic mass is 9.77. The zero-order valence-corrected chi connectivity index (χ0v) is 13.9. The van der Waals surface area contributed by atoms with E-state index in [0.717, 1.165) is 31.7 Å². The highest BCUT2D eigenvalue weighted by Gasteiger charge is 2.40. The molecule has 0 spiro atoms. The van der Waals surface area contributed by atoms with E-state index in [2.05, 4.69) is 36.2 Å². The molecule has 1 fully saturated rings. The smallest absolute Gasteiger partial charge is 0.138 e. The van der Waals surface area contributed by atoms with Gasteiger partial charge >= 0.3 is 0 Å². The fourth-order valence-electron chi connectivity index (χ4n) is 3.62. The van der Waals surface area contributed by atoms with Crippen molar-refractivity contribution >= 4 is 0 Å². The van der Waals surface area contributed by atoms with Crippen molar-refractivity contribution in [3.05, 3.63) is 12.2 Å². The second-order valence-corrected chi connectivity index (χ2v) is 6.32. The summed E-state index contributed by atoms with van der Waals surface area (Å²) in [5.41, 5.74) is -0.0461. The third kappa shape index (κ3) is 3.64. The predicted octanol–water partition coefficient (Wildman–Crippen LogP) is 2.73. The van der Waals surface area contributed by atoms with Crippen LogP contribution in [0.3, 0.4) is 0 Å². The van der Waals surface area contributed by atoms with Gasteiger partial charge in [0.05, 0.1) is 5.60 Å². The van der Waals surface area contributed by atoms with Gasteiger partial charge in [-0.15, -0.1) is 0 Å². The Morgan fingerprint density at radius 3 is 2.62 bits per heavy atom. The van der Waals surface area contributed by atoms with Gasteiger partial charge in [0.25, 0.3) is 0 Å². The van der Waals surface area contributed by atoms with Gasteiger partial charge in [0, 0.05) is 25.1 Å². The summed E-state index contributed by atoms with van der Waals surface area (Å²) in [6.45, 7) is 7.16. The van der Waals surface area contributed by atoms with Crippen LogP contribution in [0.25, 0.3) is 0 Å². The Labute approximate surface area is 128 Å². The van der Waals surface area contributed by atoms with Crippen LogP contribution in [0.15, 0.2) is 6.33 Å².